The molecule has 0 aromatic carbocycles. The zero-order chi connectivity index (χ0) is 6.97. The molecule has 2 nitrogen and oxygen atoms in total. The summed E-state index contributed by atoms with van der Waals surface area (Å²) in [5.41, 5.74) is 0. The molecule has 0 saturated carbocycles. The molecule has 0 spiro atoms. The normalized spacial score (nSPS) is 45.5. The largest absolute Gasteiger partial charge is 0.296 e. The number of aliphatic imine (C=N–C) groups is 1. The molecule has 1 saturated heterocycles. The van der Waals surface area contributed by atoms with Gasteiger partial charge in [-0.3, -0.25) is 10.3 Å². The Hall–Kier alpha value is 0.110. The lowest BCUT2D eigenvalue weighted by atomic mass is 9.98. The molecule has 0 radical (unpaired) electrons. The number of rotatable bonds is 0. The summed E-state index contributed by atoms with van der Waals surface area (Å²) in [5.74, 6) is 0.786. The highest BCUT2D eigenvalue weighted by Crippen LogP contribution is 2.27. The van der Waals surface area contributed by atoms with Gasteiger partial charge < -0.3 is 0 Å². The quantitative estimate of drug-likeness (QED) is 0.587. The van der Waals surface area contributed by atoms with E-state index in [2.05, 4.69) is 26.2 Å². The van der Waals surface area contributed by atoms with Gasteiger partial charge in [0.05, 0.1) is 0 Å². The molecule has 0 aromatic heterocycles. The molecule has 2 aliphatic heterocycles. The van der Waals surface area contributed by atoms with Crippen LogP contribution in [0.4, 0.5) is 0 Å². The lowest BCUT2D eigenvalue weighted by molar-refractivity contribution is 0.430. The van der Waals surface area contributed by atoms with Gasteiger partial charge in [0.2, 0.25) is 0 Å². The third-order valence-electron chi connectivity index (χ3n) is 2.25. The van der Waals surface area contributed by atoms with E-state index >= 15 is 0 Å². The average molecular weight is 203 g/mol. The predicted molar refractivity (Wildman–Crippen MR) is 45.7 cm³/mol. The maximum absolute atomic E-state index is 4.39. The van der Waals surface area contributed by atoms with Crippen molar-refractivity contribution in [3.63, 3.8) is 0 Å². The van der Waals surface area contributed by atoms with Crippen LogP contribution >= 0.6 is 15.9 Å². The Kier molecular flexibility index (Phi) is 1.78. The minimum absolute atomic E-state index is 0.439. The molecule has 2 aliphatic rings. The van der Waals surface area contributed by atoms with Crippen LogP contribution in [0.5, 0.6) is 0 Å². The van der Waals surface area contributed by atoms with E-state index in [0.717, 1.165) is 12.5 Å². The minimum atomic E-state index is 0.439. The van der Waals surface area contributed by atoms with Crippen LogP contribution in [0.3, 0.4) is 0 Å². The highest BCUT2D eigenvalue weighted by molar-refractivity contribution is 9.09. The van der Waals surface area contributed by atoms with Gasteiger partial charge in [-0.1, -0.05) is 15.9 Å². The number of hydrogen-bond acceptors (Lipinski definition) is 2. The third-order valence-corrected chi connectivity index (χ3v) is 2.86. The van der Waals surface area contributed by atoms with Crippen LogP contribution in [0.1, 0.15) is 12.8 Å². The summed E-state index contributed by atoms with van der Waals surface area (Å²) in [5, 5.41) is 3.36. The van der Waals surface area contributed by atoms with Crippen molar-refractivity contribution < 1.29 is 0 Å². The number of nitrogens with zero attached hydrogens (tertiary/aromatic N) is 1. The standard InChI is InChI=1S/C7H11BrN2/c8-6-3-5-1-2-9-7(5)10-4-6/h4-7,9H,1-3H2. The maximum Gasteiger partial charge on any atom is 0.102 e. The zero-order valence-electron chi connectivity index (χ0n) is 5.76. The first-order valence-electron chi connectivity index (χ1n) is 3.77. The lowest BCUT2D eigenvalue weighted by Gasteiger charge is -2.21. The van der Waals surface area contributed by atoms with Crippen molar-refractivity contribution >= 4 is 22.1 Å². The van der Waals surface area contributed by atoms with E-state index in [4.69, 9.17) is 0 Å². The first kappa shape index (κ1) is 6.80. The fourth-order valence-corrected chi connectivity index (χ4v) is 2.32. The monoisotopic (exact) mass is 202 g/mol. The fourth-order valence-electron chi connectivity index (χ4n) is 1.70. The molecule has 0 aromatic rings. The second-order valence-corrected chi connectivity index (χ2v) is 4.17. The summed E-state index contributed by atoms with van der Waals surface area (Å²) in [6, 6.07) is 0. The summed E-state index contributed by atoms with van der Waals surface area (Å²) in [7, 11) is 0. The zero-order valence-corrected chi connectivity index (χ0v) is 7.34. The Morgan fingerprint density at radius 1 is 1.60 bits per heavy atom. The van der Waals surface area contributed by atoms with Gasteiger partial charge in [0, 0.05) is 11.0 Å². The molecule has 1 N–H and O–H groups in total. The third kappa shape index (κ3) is 1.12. The van der Waals surface area contributed by atoms with E-state index in [1.165, 1.54) is 12.8 Å². The number of hydrogen-bond donors (Lipinski definition) is 1. The minimum Gasteiger partial charge on any atom is -0.296 e. The Bertz CT molecular complexity index is 158. The predicted octanol–water partition coefficient (Wildman–Crippen LogP) is 1.16. The van der Waals surface area contributed by atoms with Crippen LogP contribution in [-0.4, -0.2) is 23.8 Å². The van der Waals surface area contributed by atoms with E-state index in [1.54, 1.807) is 0 Å². The summed E-state index contributed by atoms with van der Waals surface area (Å²) < 4.78 is 0. The van der Waals surface area contributed by atoms with Crippen LogP contribution in [0, 0.1) is 5.92 Å². The van der Waals surface area contributed by atoms with Gasteiger partial charge in [-0.15, -0.1) is 0 Å². The van der Waals surface area contributed by atoms with Crippen molar-refractivity contribution in [1.29, 1.82) is 0 Å². The van der Waals surface area contributed by atoms with E-state index in [0.29, 0.717) is 11.0 Å². The second-order valence-electron chi connectivity index (χ2n) is 3.00. The second kappa shape index (κ2) is 2.62. The average Bonchev–Trinajstić information content (AvgIpc) is 2.33. The van der Waals surface area contributed by atoms with E-state index in [9.17, 15) is 0 Å². The van der Waals surface area contributed by atoms with Gasteiger partial charge in [0.15, 0.2) is 0 Å². The van der Waals surface area contributed by atoms with E-state index in [-0.39, 0.29) is 0 Å². The van der Waals surface area contributed by atoms with Crippen LogP contribution in [-0.2, 0) is 0 Å². The molecule has 0 bridgehead atoms. The van der Waals surface area contributed by atoms with Crippen molar-refractivity contribution in [2.45, 2.75) is 23.8 Å². The fraction of sp³-hybridized carbons (Fsp3) is 0.857. The smallest absolute Gasteiger partial charge is 0.102 e. The molecule has 1 fully saturated rings. The molecule has 10 heavy (non-hydrogen) atoms. The van der Waals surface area contributed by atoms with Crippen molar-refractivity contribution in [2.24, 2.45) is 10.9 Å². The molecule has 2 heterocycles. The van der Waals surface area contributed by atoms with Crippen molar-refractivity contribution in [2.75, 3.05) is 6.54 Å². The van der Waals surface area contributed by atoms with Crippen molar-refractivity contribution in [3.05, 3.63) is 0 Å². The first-order valence-corrected chi connectivity index (χ1v) is 4.68. The van der Waals surface area contributed by atoms with Crippen LogP contribution < -0.4 is 5.32 Å². The maximum atomic E-state index is 4.39. The molecule has 3 atom stereocenters. The molecule has 0 aliphatic carbocycles. The number of fused-ring (bicyclic) bond motifs is 1. The SMILES string of the molecule is BrC1C=NC2NCCC2C1. The highest BCUT2D eigenvalue weighted by atomic mass is 79.9. The summed E-state index contributed by atoms with van der Waals surface area (Å²) in [6.07, 6.45) is 5.00. The van der Waals surface area contributed by atoms with Crippen LogP contribution in [0.2, 0.25) is 0 Å². The lowest BCUT2D eigenvalue weighted by Crippen LogP contribution is -2.30. The molecule has 3 unspecified atom stereocenters. The van der Waals surface area contributed by atoms with E-state index < -0.39 is 0 Å². The van der Waals surface area contributed by atoms with Gasteiger partial charge in [-0.05, 0) is 25.3 Å². The Morgan fingerprint density at radius 2 is 2.50 bits per heavy atom. The van der Waals surface area contributed by atoms with Gasteiger partial charge >= 0.3 is 0 Å². The Morgan fingerprint density at radius 3 is 3.40 bits per heavy atom. The summed E-state index contributed by atoms with van der Waals surface area (Å²) in [6.45, 7) is 1.15. The molecule has 2 rings (SSSR count). The first-order chi connectivity index (χ1) is 4.86. The molecule has 56 valence electrons. The van der Waals surface area contributed by atoms with Gasteiger partial charge in [-0.25, -0.2) is 0 Å². The van der Waals surface area contributed by atoms with Crippen LogP contribution in [0.25, 0.3) is 0 Å². The summed E-state index contributed by atoms with van der Waals surface area (Å²) >= 11 is 3.55. The van der Waals surface area contributed by atoms with Crippen molar-refractivity contribution in [3.8, 4) is 0 Å². The van der Waals surface area contributed by atoms with Gasteiger partial charge in [-0.2, -0.15) is 0 Å². The topological polar surface area (TPSA) is 24.4 Å². The Labute approximate surface area is 69.2 Å². The molecular formula is C7H11BrN2. The van der Waals surface area contributed by atoms with E-state index in [1.807, 2.05) is 6.21 Å². The summed E-state index contributed by atoms with van der Waals surface area (Å²) in [4.78, 5) is 4.91. The van der Waals surface area contributed by atoms with Crippen molar-refractivity contribution in [1.82, 2.24) is 5.32 Å². The molecule has 3 heteroatoms. The molecular weight excluding hydrogens is 192 g/mol. The molecule has 0 amide bonds. The van der Waals surface area contributed by atoms with Crippen LogP contribution in [0.15, 0.2) is 4.99 Å². The number of nitrogens with one attached hydrogen (secondary N) is 1. The number of alkyl halides is 1. The Balaban J connectivity index is 2.09. The highest BCUT2D eigenvalue weighted by Gasteiger charge is 2.30. The number of halogens is 1. The van der Waals surface area contributed by atoms with Gasteiger partial charge in [0.25, 0.3) is 0 Å². The van der Waals surface area contributed by atoms with Gasteiger partial charge in [0.1, 0.15) is 6.17 Å².